The van der Waals surface area contributed by atoms with Crippen molar-refractivity contribution in [2.75, 3.05) is 0 Å². The Balaban J connectivity index is 0.000000829. The first-order valence-electron chi connectivity index (χ1n) is 7.00. The van der Waals surface area contributed by atoms with Crippen LogP contribution in [0.4, 0.5) is 0 Å². The van der Waals surface area contributed by atoms with Crippen LogP contribution < -0.4 is 5.73 Å². The molecule has 0 atom stereocenters. The molecule has 0 saturated heterocycles. The van der Waals surface area contributed by atoms with Gasteiger partial charge in [0.15, 0.2) is 0 Å². The van der Waals surface area contributed by atoms with Crippen LogP contribution in [0, 0.1) is 6.92 Å². The van der Waals surface area contributed by atoms with E-state index in [2.05, 4.69) is 4.98 Å². The van der Waals surface area contributed by atoms with Gasteiger partial charge >= 0.3 is 0 Å². The van der Waals surface area contributed by atoms with Crippen molar-refractivity contribution in [2.45, 2.75) is 34.6 Å². The lowest BCUT2D eigenvalue weighted by atomic mass is 10.0. The van der Waals surface area contributed by atoms with Crippen LogP contribution in [0.5, 0.6) is 0 Å². The highest BCUT2D eigenvalue weighted by atomic mass is 16.1. The molecule has 0 aliphatic carbocycles. The number of nitrogens with two attached hydrogens (primary N) is 1. The van der Waals surface area contributed by atoms with Gasteiger partial charge in [-0.1, -0.05) is 57.5 Å². The Labute approximate surface area is 121 Å². The molecule has 3 heteroatoms. The predicted molar refractivity (Wildman–Crippen MR) is 85.6 cm³/mol. The monoisotopic (exact) mass is 272 g/mol. The molecule has 1 aromatic carbocycles. The molecule has 3 nitrogen and oxygen atoms in total. The quantitative estimate of drug-likeness (QED) is 0.890. The highest BCUT2D eigenvalue weighted by Gasteiger charge is 2.04. The van der Waals surface area contributed by atoms with Gasteiger partial charge in [-0.25, -0.2) is 0 Å². The Morgan fingerprint density at radius 1 is 0.950 bits per heavy atom. The summed E-state index contributed by atoms with van der Waals surface area (Å²) in [7, 11) is 0. The topological polar surface area (TPSA) is 56.0 Å². The second kappa shape index (κ2) is 9.73. The number of amides is 1. The van der Waals surface area contributed by atoms with E-state index in [9.17, 15) is 4.79 Å². The zero-order valence-corrected chi connectivity index (χ0v) is 13.0. The van der Waals surface area contributed by atoms with Crippen LogP contribution in [0.2, 0.25) is 0 Å². The van der Waals surface area contributed by atoms with E-state index in [0.717, 1.165) is 11.1 Å². The Kier molecular flexibility index (Phi) is 8.68. The molecule has 0 bridgehead atoms. The summed E-state index contributed by atoms with van der Waals surface area (Å²) >= 11 is 0. The lowest BCUT2D eigenvalue weighted by molar-refractivity contribution is 0.0995. The van der Waals surface area contributed by atoms with Gasteiger partial charge in [0.25, 0.3) is 5.91 Å². The molecule has 20 heavy (non-hydrogen) atoms. The van der Waals surface area contributed by atoms with Gasteiger partial charge in [0.1, 0.15) is 5.69 Å². The molecule has 2 rings (SSSR count). The summed E-state index contributed by atoms with van der Waals surface area (Å²) in [6, 6.07) is 11.6. The minimum absolute atomic E-state index is 0.290. The lowest BCUT2D eigenvalue weighted by Crippen LogP contribution is -2.12. The summed E-state index contributed by atoms with van der Waals surface area (Å²) in [5.74, 6) is -0.506. The zero-order chi connectivity index (χ0) is 15.5. The molecule has 0 unspecified atom stereocenters. The van der Waals surface area contributed by atoms with Gasteiger partial charge in [-0.3, -0.25) is 9.78 Å². The molecule has 1 heterocycles. The van der Waals surface area contributed by atoms with E-state index in [1.165, 1.54) is 5.56 Å². The average molecular weight is 272 g/mol. The van der Waals surface area contributed by atoms with E-state index in [0.29, 0.717) is 0 Å². The number of primary amides is 1. The number of rotatable bonds is 2. The van der Waals surface area contributed by atoms with Gasteiger partial charge in [-0.05, 0) is 30.2 Å². The smallest absolute Gasteiger partial charge is 0.267 e. The van der Waals surface area contributed by atoms with Crippen molar-refractivity contribution in [3.63, 3.8) is 0 Å². The minimum atomic E-state index is -0.506. The van der Waals surface area contributed by atoms with Gasteiger partial charge < -0.3 is 5.73 Å². The van der Waals surface area contributed by atoms with Gasteiger partial charge in [-0.15, -0.1) is 0 Å². The molecular formula is C17H24N2O. The normalized spacial score (nSPS) is 8.65. The molecule has 1 aromatic heterocycles. The van der Waals surface area contributed by atoms with Gasteiger partial charge in [-0.2, -0.15) is 0 Å². The van der Waals surface area contributed by atoms with Crippen LogP contribution >= 0.6 is 0 Å². The van der Waals surface area contributed by atoms with Crippen molar-refractivity contribution in [3.8, 4) is 11.1 Å². The molecular weight excluding hydrogens is 248 g/mol. The van der Waals surface area contributed by atoms with Crippen LogP contribution in [0.25, 0.3) is 11.1 Å². The molecule has 1 amide bonds. The fraction of sp³-hybridized carbons (Fsp3) is 0.294. The molecule has 0 aliphatic rings. The lowest BCUT2D eigenvalue weighted by Gasteiger charge is -2.03. The summed E-state index contributed by atoms with van der Waals surface area (Å²) in [5.41, 5.74) is 8.67. The number of hydrogen-bond acceptors (Lipinski definition) is 2. The number of benzene rings is 1. The molecule has 108 valence electrons. The number of carbonyl (C=O) groups is 1. The van der Waals surface area contributed by atoms with Crippen LogP contribution in [0.1, 0.15) is 43.7 Å². The third-order valence-corrected chi connectivity index (χ3v) is 2.40. The maximum atomic E-state index is 11.0. The first kappa shape index (κ1) is 17.8. The SMILES string of the molecule is CC.CC.Cc1ccc(-c2ccnc(C(N)=O)c2)cc1. The van der Waals surface area contributed by atoms with Gasteiger partial charge in [0.05, 0.1) is 0 Å². The number of aryl methyl sites for hydroxylation is 1. The number of hydrogen-bond donors (Lipinski definition) is 1. The van der Waals surface area contributed by atoms with E-state index < -0.39 is 5.91 Å². The maximum absolute atomic E-state index is 11.0. The average Bonchev–Trinajstić information content (AvgIpc) is 2.52. The summed E-state index contributed by atoms with van der Waals surface area (Å²) < 4.78 is 0. The van der Waals surface area contributed by atoms with E-state index >= 15 is 0 Å². The summed E-state index contributed by atoms with van der Waals surface area (Å²) in [5, 5.41) is 0. The van der Waals surface area contributed by atoms with E-state index in [1.807, 2.05) is 65.0 Å². The Morgan fingerprint density at radius 2 is 1.50 bits per heavy atom. The number of carbonyl (C=O) groups excluding carboxylic acids is 1. The summed E-state index contributed by atoms with van der Waals surface area (Å²) in [6.07, 6.45) is 1.59. The number of aromatic nitrogens is 1. The second-order valence-electron chi connectivity index (χ2n) is 3.66. The Hall–Kier alpha value is -2.16. The maximum Gasteiger partial charge on any atom is 0.267 e. The molecule has 0 radical (unpaired) electrons. The third kappa shape index (κ3) is 5.22. The van der Waals surface area contributed by atoms with Crippen molar-refractivity contribution in [1.82, 2.24) is 4.98 Å². The molecule has 2 aromatic rings. The third-order valence-electron chi connectivity index (χ3n) is 2.40. The number of pyridine rings is 1. The van der Waals surface area contributed by atoms with Crippen LogP contribution in [-0.4, -0.2) is 10.9 Å². The van der Waals surface area contributed by atoms with Crippen molar-refractivity contribution < 1.29 is 4.79 Å². The van der Waals surface area contributed by atoms with Crippen molar-refractivity contribution in [1.29, 1.82) is 0 Å². The first-order chi connectivity index (χ1) is 9.66. The van der Waals surface area contributed by atoms with Crippen molar-refractivity contribution in [3.05, 3.63) is 53.9 Å². The fourth-order valence-electron chi connectivity index (χ4n) is 1.49. The van der Waals surface area contributed by atoms with Crippen molar-refractivity contribution in [2.24, 2.45) is 5.73 Å². The van der Waals surface area contributed by atoms with Gasteiger partial charge in [0.2, 0.25) is 0 Å². The highest BCUT2D eigenvalue weighted by molar-refractivity contribution is 5.92. The van der Waals surface area contributed by atoms with E-state index in [1.54, 1.807) is 12.3 Å². The van der Waals surface area contributed by atoms with Crippen LogP contribution in [0.15, 0.2) is 42.6 Å². The second-order valence-corrected chi connectivity index (χ2v) is 3.66. The minimum Gasteiger partial charge on any atom is -0.364 e. The predicted octanol–water partition coefficient (Wildman–Crippen LogP) is 4.21. The Bertz CT molecular complexity index is 519. The molecule has 0 saturated carbocycles. The zero-order valence-electron chi connectivity index (χ0n) is 13.0. The Morgan fingerprint density at radius 3 is 2.00 bits per heavy atom. The molecule has 0 spiro atoms. The molecule has 0 fully saturated rings. The first-order valence-corrected chi connectivity index (χ1v) is 7.00. The fourth-order valence-corrected chi connectivity index (χ4v) is 1.49. The van der Waals surface area contributed by atoms with E-state index in [-0.39, 0.29) is 5.69 Å². The van der Waals surface area contributed by atoms with E-state index in [4.69, 9.17) is 5.73 Å². The van der Waals surface area contributed by atoms with Crippen molar-refractivity contribution >= 4 is 5.91 Å². The van der Waals surface area contributed by atoms with Crippen LogP contribution in [0.3, 0.4) is 0 Å². The summed E-state index contributed by atoms with van der Waals surface area (Å²) in [4.78, 5) is 14.9. The highest BCUT2D eigenvalue weighted by Crippen LogP contribution is 2.19. The summed E-state index contributed by atoms with van der Waals surface area (Å²) in [6.45, 7) is 10.0. The van der Waals surface area contributed by atoms with Gasteiger partial charge in [0, 0.05) is 6.20 Å². The number of nitrogens with zero attached hydrogens (tertiary/aromatic N) is 1. The standard InChI is InChI=1S/C13H12N2O.2C2H6/c1-9-2-4-10(5-3-9)11-6-7-15-12(8-11)13(14)16;2*1-2/h2-8H,1H3,(H2,14,16);2*1-2H3. The van der Waals surface area contributed by atoms with Crippen LogP contribution in [-0.2, 0) is 0 Å². The molecule has 2 N–H and O–H groups in total. The largest absolute Gasteiger partial charge is 0.364 e. The molecule has 0 aliphatic heterocycles.